The summed E-state index contributed by atoms with van der Waals surface area (Å²) < 4.78 is 5.60. The quantitative estimate of drug-likeness (QED) is 0.118. The number of aromatic amines is 1. The lowest BCUT2D eigenvalue weighted by atomic mass is 10.0. The molecular formula is C43H49N9O6S. The minimum Gasteiger partial charge on any atom is -0.453 e. The number of aromatic nitrogens is 3. The standard InChI is InChI=1S/C43H49N9O6S/c1-25(2)35(48-43(57)58-5)40(54)51-21-9-13-32(51)37-44-24-31(46-37)26-15-17-28(18-16-26)39-47-30-20-19-29(23-34(30)59-39)45-42(56)49-38(53)33-14-10-22-52(33)41(55)36(50(3)4)27-11-7-6-8-12-27/h6-8,11-12,15-20,23-25,32-33,35-36H,9-10,13-14,21-22H2,1-5H3,(H,44,46)(H,48,57)(H2,45,49,53,56). The average Bonchev–Trinajstić information content (AvgIpc) is 4.06. The Morgan fingerprint density at radius 1 is 0.898 bits per heavy atom. The lowest BCUT2D eigenvalue weighted by Crippen LogP contribution is -2.51. The van der Waals surface area contributed by atoms with E-state index in [0.29, 0.717) is 37.4 Å². The van der Waals surface area contributed by atoms with Crippen molar-refractivity contribution in [3.05, 3.63) is 90.4 Å². The summed E-state index contributed by atoms with van der Waals surface area (Å²) in [6, 6.07) is 19.9. The molecule has 2 aliphatic rings. The minimum absolute atomic E-state index is 0.123. The molecule has 4 heterocycles. The van der Waals surface area contributed by atoms with Gasteiger partial charge in [0.1, 0.15) is 29.0 Å². The fourth-order valence-corrected chi connectivity index (χ4v) is 8.89. The number of imide groups is 1. The number of likely N-dealkylation sites (N-methyl/N-ethyl adjacent to an activating group) is 1. The number of nitrogens with zero attached hydrogens (tertiary/aromatic N) is 5. The van der Waals surface area contributed by atoms with Gasteiger partial charge in [-0.2, -0.15) is 0 Å². The summed E-state index contributed by atoms with van der Waals surface area (Å²) in [5.74, 6) is -0.287. The second kappa shape index (κ2) is 17.8. The maximum Gasteiger partial charge on any atom is 0.407 e. The third-order valence-corrected chi connectivity index (χ3v) is 11.9. The fourth-order valence-electron chi connectivity index (χ4n) is 7.88. The van der Waals surface area contributed by atoms with Crippen LogP contribution < -0.4 is 16.0 Å². The van der Waals surface area contributed by atoms with Crippen LogP contribution in [0.1, 0.15) is 63.0 Å². The van der Waals surface area contributed by atoms with E-state index in [0.717, 1.165) is 50.5 Å². The number of rotatable bonds is 11. The van der Waals surface area contributed by atoms with Crippen molar-refractivity contribution in [1.29, 1.82) is 0 Å². The number of urea groups is 1. The topological polar surface area (TPSA) is 182 Å². The fraction of sp³-hybridized carbons (Fsp3) is 0.372. The number of hydrogen-bond donors (Lipinski definition) is 4. The van der Waals surface area contributed by atoms with Crippen LogP contribution in [0, 0.1) is 5.92 Å². The van der Waals surface area contributed by atoms with Crippen LogP contribution in [0.15, 0.2) is 79.0 Å². The first-order valence-corrected chi connectivity index (χ1v) is 20.6. The number of carbonyl (C=O) groups is 5. The third-order valence-electron chi connectivity index (χ3n) is 10.9. The molecule has 0 saturated carbocycles. The van der Waals surface area contributed by atoms with Crippen LogP contribution in [-0.4, -0.2) is 106 Å². The lowest BCUT2D eigenvalue weighted by Gasteiger charge is -2.31. The number of H-pyrrole nitrogens is 1. The lowest BCUT2D eigenvalue weighted by molar-refractivity contribution is -0.142. The van der Waals surface area contributed by atoms with Crippen molar-refractivity contribution in [1.82, 2.24) is 40.3 Å². The smallest absolute Gasteiger partial charge is 0.407 e. The molecule has 0 spiro atoms. The van der Waals surface area contributed by atoms with Gasteiger partial charge in [0.05, 0.1) is 35.3 Å². The van der Waals surface area contributed by atoms with E-state index in [1.807, 2.05) is 99.6 Å². The van der Waals surface area contributed by atoms with Crippen molar-refractivity contribution < 1.29 is 28.7 Å². The SMILES string of the molecule is COC(=O)NC(C(=O)N1CCCC1c1ncc(-c2ccc(-c3nc4ccc(NC(=O)NC(=O)C5CCCN5C(=O)C(c5ccccc5)N(C)C)cc4s3)cc2)[nH]1)C(C)C. The van der Waals surface area contributed by atoms with Gasteiger partial charge in [0, 0.05) is 24.3 Å². The predicted octanol–water partition coefficient (Wildman–Crippen LogP) is 6.34. The molecule has 4 N–H and O–H groups in total. The first-order valence-electron chi connectivity index (χ1n) is 19.8. The van der Waals surface area contributed by atoms with Gasteiger partial charge in [-0.05, 0) is 75.0 Å². The molecule has 4 atom stereocenters. The minimum atomic E-state index is -0.748. The van der Waals surface area contributed by atoms with E-state index in [2.05, 4.69) is 25.9 Å². The molecule has 4 unspecified atom stereocenters. The van der Waals surface area contributed by atoms with Crippen molar-refractivity contribution in [2.75, 3.05) is 39.6 Å². The number of imidazole rings is 1. The zero-order valence-corrected chi connectivity index (χ0v) is 34.5. The van der Waals surface area contributed by atoms with Gasteiger partial charge in [-0.25, -0.2) is 19.6 Å². The highest BCUT2D eigenvalue weighted by Crippen LogP contribution is 2.35. The molecule has 7 rings (SSSR count). The van der Waals surface area contributed by atoms with E-state index < -0.39 is 36.2 Å². The van der Waals surface area contributed by atoms with Crippen LogP contribution in [0.5, 0.6) is 0 Å². The highest BCUT2D eigenvalue weighted by molar-refractivity contribution is 7.21. The first kappa shape index (κ1) is 41.0. The second-order valence-corrected chi connectivity index (χ2v) is 16.4. The maximum absolute atomic E-state index is 13.7. The summed E-state index contributed by atoms with van der Waals surface area (Å²) in [4.78, 5) is 83.6. The first-order chi connectivity index (χ1) is 28.4. The zero-order chi connectivity index (χ0) is 41.8. The van der Waals surface area contributed by atoms with Gasteiger partial charge in [-0.1, -0.05) is 68.4 Å². The van der Waals surface area contributed by atoms with Crippen LogP contribution >= 0.6 is 11.3 Å². The van der Waals surface area contributed by atoms with Gasteiger partial charge in [-0.15, -0.1) is 11.3 Å². The van der Waals surface area contributed by atoms with Crippen molar-refractivity contribution in [3.63, 3.8) is 0 Å². The molecule has 59 heavy (non-hydrogen) atoms. The molecule has 0 aliphatic carbocycles. The van der Waals surface area contributed by atoms with E-state index in [1.165, 1.54) is 18.4 Å². The molecule has 16 heteroatoms. The maximum atomic E-state index is 13.7. The second-order valence-electron chi connectivity index (χ2n) is 15.4. The molecule has 3 aromatic carbocycles. The number of anilines is 1. The van der Waals surface area contributed by atoms with Crippen molar-refractivity contribution >= 4 is 57.1 Å². The number of alkyl carbamates (subject to hydrolysis) is 1. The molecule has 0 bridgehead atoms. The number of carbonyl (C=O) groups excluding carboxylic acids is 5. The Bertz CT molecular complexity index is 2330. The van der Waals surface area contributed by atoms with E-state index in [4.69, 9.17) is 9.72 Å². The average molecular weight is 820 g/mol. The summed E-state index contributed by atoms with van der Waals surface area (Å²) in [5.41, 5.74) is 4.75. The Kier molecular flexibility index (Phi) is 12.4. The van der Waals surface area contributed by atoms with Crippen LogP contribution in [0.4, 0.5) is 15.3 Å². The predicted molar refractivity (Wildman–Crippen MR) is 225 cm³/mol. The molecular weight excluding hydrogens is 771 g/mol. The molecule has 2 fully saturated rings. The molecule has 2 aromatic heterocycles. The van der Waals surface area contributed by atoms with Gasteiger partial charge in [0.2, 0.25) is 11.8 Å². The van der Waals surface area contributed by atoms with Gasteiger partial charge >= 0.3 is 12.1 Å². The molecule has 2 aliphatic heterocycles. The normalized spacial score (nSPS) is 17.6. The van der Waals surface area contributed by atoms with E-state index in [1.54, 1.807) is 22.1 Å². The van der Waals surface area contributed by atoms with Crippen LogP contribution in [0.3, 0.4) is 0 Å². The Morgan fingerprint density at radius 3 is 2.32 bits per heavy atom. The number of ether oxygens (including phenoxy) is 1. The molecule has 308 valence electrons. The molecule has 6 amide bonds. The van der Waals surface area contributed by atoms with Crippen LogP contribution in [0.25, 0.3) is 32.0 Å². The van der Waals surface area contributed by atoms with Crippen LogP contribution in [-0.2, 0) is 19.1 Å². The monoisotopic (exact) mass is 819 g/mol. The number of thiazole rings is 1. The Morgan fingerprint density at radius 2 is 1.61 bits per heavy atom. The molecule has 0 radical (unpaired) electrons. The van der Waals surface area contributed by atoms with Gasteiger partial charge in [0.15, 0.2) is 0 Å². The Labute approximate surface area is 346 Å². The Balaban J connectivity index is 0.974. The number of hydrogen-bond acceptors (Lipinski definition) is 10. The number of methoxy groups -OCH3 is 1. The molecule has 15 nitrogen and oxygen atoms in total. The summed E-state index contributed by atoms with van der Waals surface area (Å²) in [6.45, 7) is 4.79. The summed E-state index contributed by atoms with van der Waals surface area (Å²) >= 11 is 1.48. The number of benzene rings is 3. The van der Waals surface area contributed by atoms with Crippen LogP contribution in [0.2, 0.25) is 0 Å². The highest BCUT2D eigenvalue weighted by Gasteiger charge is 2.40. The van der Waals surface area contributed by atoms with E-state index in [-0.39, 0.29) is 23.8 Å². The van der Waals surface area contributed by atoms with Gasteiger partial charge < -0.3 is 30.2 Å². The zero-order valence-electron chi connectivity index (χ0n) is 33.7. The number of amides is 6. The van der Waals surface area contributed by atoms with Crippen molar-refractivity contribution in [3.8, 4) is 21.8 Å². The summed E-state index contributed by atoms with van der Waals surface area (Å²) in [7, 11) is 4.95. The number of likely N-dealkylation sites (tertiary alicyclic amines) is 2. The van der Waals surface area contributed by atoms with E-state index in [9.17, 15) is 24.0 Å². The highest BCUT2D eigenvalue weighted by atomic mass is 32.1. The largest absolute Gasteiger partial charge is 0.453 e. The van der Waals surface area contributed by atoms with E-state index >= 15 is 0 Å². The number of nitrogens with one attached hydrogen (secondary N) is 4. The number of fused-ring (bicyclic) bond motifs is 1. The Hall–Kier alpha value is -6.13. The van der Waals surface area contributed by atoms with Gasteiger partial charge in [-0.3, -0.25) is 24.6 Å². The van der Waals surface area contributed by atoms with Gasteiger partial charge in [0.25, 0.3) is 5.91 Å². The van der Waals surface area contributed by atoms with Crippen molar-refractivity contribution in [2.45, 2.75) is 63.7 Å². The summed E-state index contributed by atoms with van der Waals surface area (Å²) in [6.07, 6.45) is 3.85. The third kappa shape index (κ3) is 8.98. The molecule has 5 aromatic rings. The summed E-state index contributed by atoms with van der Waals surface area (Å²) in [5, 5.41) is 8.70. The van der Waals surface area contributed by atoms with Crippen molar-refractivity contribution in [2.24, 2.45) is 5.92 Å². The molecule has 2 saturated heterocycles.